The summed E-state index contributed by atoms with van der Waals surface area (Å²) in [6.45, 7) is 0. The van der Waals surface area contributed by atoms with E-state index in [9.17, 15) is 18.0 Å². The molecule has 0 spiro atoms. The maximum atomic E-state index is 12.9. The van der Waals surface area contributed by atoms with E-state index in [1.54, 1.807) is 29.6 Å². The Morgan fingerprint density at radius 2 is 1.89 bits per heavy atom. The smallest absolute Gasteiger partial charge is 0.416 e. The van der Waals surface area contributed by atoms with Crippen molar-refractivity contribution < 1.29 is 23.1 Å². The molecule has 10 heteroatoms. The lowest BCUT2D eigenvalue weighted by molar-refractivity contribution is -0.138. The maximum absolute atomic E-state index is 12.9. The Hall–Kier alpha value is -3.37. The SMILES string of the molecule is Cn1c(-c2ccc(C(F)(F)F)cc2)nc2c(CSc3ccc4scc(CC(=O)O)c4c3)ccnc21. The van der Waals surface area contributed by atoms with Gasteiger partial charge in [-0.2, -0.15) is 13.2 Å². The first-order chi connectivity index (χ1) is 16.7. The third kappa shape index (κ3) is 4.63. The number of aromatic nitrogens is 3. The normalized spacial score (nSPS) is 12.0. The zero-order valence-corrected chi connectivity index (χ0v) is 20.0. The van der Waals surface area contributed by atoms with Gasteiger partial charge in [-0.1, -0.05) is 12.1 Å². The maximum Gasteiger partial charge on any atom is 0.416 e. The molecule has 5 aromatic rings. The molecule has 3 heterocycles. The molecule has 0 aliphatic carbocycles. The quantitative estimate of drug-likeness (QED) is 0.253. The van der Waals surface area contributed by atoms with Crippen LogP contribution in [-0.2, 0) is 30.2 Å². The van der Waals surface area contributed by atoms with Crippen molar-refractivity contribution in [3.05, 3.63) is 76.8 Å². The van der Waals surface area contributed by atoms with Crippen LogP contribution in [0.15, 0.2) is 65.0 Å². The predicted octanol–water partition coefficient (Wildman–Crippen LogP) is 6.79. The zero-order chi connectivity index (χ0) is 24.7. The fourth-order valence-electron chi connectivity index (χ4n) is 3.92. The van der Waals surface area contributed by atoms with Crippen molar-refractivity contribution >= 4 is 50.3 Å². The molecular formula is C25H18F3N3O2S2. The molecule has 0 radical (unpaired) electrons. The minimum Gasteiger partial charge on any atom is -0.481 e. The van der Waals surface area contributed by atoms with Crippen molar-refractivity contribution in [2.45, 2.75) is 23.2 Å². The second kappa shape index (κ2) is 9.01. The summed E-state index contributed by atoms with van der Waals surface area (Å²) in [5.41, 5.74) is 2.97. The fourth-order valence-corrected chi connectivity index (χ4v) is 5.79. The van der Waals surface area contributed by atoms with Crippen LogP contribution in [0.5, 0.6) is 0 Å². The summed E-state index contributed by atoms with van der Waals surface area (Å²) >= 11 is 3.13. The van der Waals surface area contributed by atoms with Crippen molar-refractivity contribution in [2.24, 2.45) is 7.05 Å². The van der Waals surface area contributed by atoms with Crippen LogP contribution in [0, 0.1) is 0 Å². The van der Waals surface area contributed by atoms with E-state index in [0.717, 1.165) is 38.2 Å². The van der Waals surface area contributed by atoms with E-state index in [1.165, 1.54) is 23.5 Å². The minimum absolute atomic E-state index is 0.0141. The highest BCUT2D eigenvalue weighted by Crippen LogP contribution is 2.34. The highest BCUT2D eigenvalue weighted by Gasteiger charge is 2.30. The summed E-state index contributed by atoms with van der Waals surface area (Å²) in [6, 6.07) is 12.9. The van der Waals surface area contributed by atoms with E-state index < -0.39 is 17.7 Å². The highest BCUT2D eigenvalue weighted by atomic mass is 32.2. The van der Waals surface area contributed by atoms with Gasteiger partial charge in [0.05, 0.1) is 12.0 Å². The molecule has 0 bridgehead atoms. The monoisotopic (exact) mass is 513 g/mol. The number of pyridine rings is 1. The number of hydrogen-bond donors (Lipinski definition) is 1. The molecule has 0 aliphatic heterocycles. The molecule has 3 aromatic heterocycles. The summed E-state index contributed by atoms with van der Waals surface area (Å²) < 4.78 is 41.6. The van der Waals surface area contributed by atoms with Gasteiger partial charge in [-0.05, 0) is 58.3 Å². The Bertz CT molecular complexity index is 1560. The van der Waals surface area contributed by atoms with Gasteiger partial charge in [0.15, 0.2) is 5.65 Å². The van der Waals surface area contributed by atoms with Gasteiger partial charge in [0.25, 0.3) is 0 Å². The van der Waals surface area contributed by atoms with E-state index in [4.69, 9.17) is 10.1 Å². The second-order valence-electron chi connectivity index (χ2n) is 7.99. The lowest BCUT2D eigenvalue weighted by Gasteiger charge is -2.07. The molecule has 0 aliphatic rings. The summed E-state index contributed by atoms with van der Waals surface area (Å²) in [4.78, 5) is 21.3. The average Bonchev–Trinajstić information content (AvgIpc) is 3.38. The lowest BCUT2D eigenvalue weighted by Crippen LogP contribution is -2.04. The van der Waals surface area contributed by atoms with Gasteiger partial charge >= 0.3 is 12.1 Å². The van der Waals surface area contributed by atoms with Crippen LogP contribution < -0.4 is 0 Å². The lowest BCUT2D eigenvalue weighted by atomic mass is 10.1. The Morgan fingerprint density at radius 3 is 2.60 bits per heavy atom. The third-order valence-corrected chi connectivity index (χ3v) is 7.73. The number of alkyl halides is 3. The van der Waals surface area contributed by atoms with E-state index in [-0.39, 0.29) is 6.42 Å². The predicted molar refractivity (Wildman–Crippen MR) is 132 cm³/mol. The largest absolute Gasteiger partial charge is 0.481 e. The summed E-state index contributed by atoms with van der Waals surface area (Å²) in [5, 5.41) is 12.0. The molecule has 0 fully saturated rings. The molecule has 35 heavy (non-hydrogen) atoms. The number of thioether (sulfide) groups is 1. The zero-order valence-electron chi connectivity index (χ0n) is 18.3. The number of aliphatic carboxylic acids is 1. The average molecular weight is 514 g/mol. The van der Waals surface area contributed by atoms with Gasteiger partial charge in [-0.25, -0.2) is 9.97 Å². The number of carbonyl (C=O) groups is 1. The number of thiophene rings is 1. The molecule has 0 saturated carbocycles. The molecule has 0 unspecified atom stereocenters. The Kier molecular flexibility index (Phi) is 6.02. The van der Waals surface area contributed by atoms with Crippen molar-refractivity contribution in [1.82, 2.24) is 14.5 Å². The first-order valence-electron chi connectivity index (χ1n) is 10.5. The van der Waals surface area contributed by atoms with Crippen molar-refractivity contribution in [1.29, 1.82) is 0 Å². The third-order valence-electron chi connectivity index (χ3n) is 5.67. The Morgan fingerprint density at radius 1 is 1.11 bits per heavy atom. The van der Waals surface area contributed by atoms with E-state index >= 15 is 0 Å². The number of hydrogen-bond acceptors (Lipinski definition) is 5. The molecule has 178 valence electrons. The van der Waals surface area contributed by atoms with Gasteiger partial charge in [0.1, 0.15) is 11.3 Å². The van der Waals surface area contributed by atoms with Crippen LogP contribution in [-0.4, -0.2) is 25.6 Å². The molecule has 0 saturated heterocycles. The number of rotatable bonds is 6. The molecular weight excluding hydrogens is 495 g/mol. The van der Waals surface area contributed by atoms with Crippen LogP contribution in [0.1, 0.15) is 16.7 Å². The van der Waals surface area contributed by atoms with Crippen molar-refractivity contribution in [3.63, 3.8) is 0 Å². The minimum atomic E-state index is -4.39. The molecule has 1 N–H and O–H groups in total. The Balaban J connectivity index is 1.43. The van der Waals surface area contributed by atoms with E-state index in [2.05, 4.69) is 4.98 Å². The number of fused-ring (bicyclic) bond motifs is 2. The van der Waals surface area contributed by atoms with E-state index in [1.807, 2.05) is 29.6 Å². The highest BCUT2D eigenvalue weighted by molar-refractivity contribution is 7.98. The number of benzene rings is 2. The first-order valence-corrected chi connectivity index (χ1v) is 12.4. The first kappa shape index (κ1) is 23.4. The second-order valence-corrected chi connectivity index (χ2v) is 9.95. The number of halogens is 3. The Labute approximate surface area is 206 Å². The molecule has 0 atom stereocenters. The van der Waals surface area contributed by atoms with Gasteiger partial charge in [-0.3, -0.25) is 4.79 Å². The van der Waals surface area contributed by atoms with Gasteiger partial charge in [0.2, 0.25) is 0 Å². The molecule has 5 nitrogen and oxygen atoms in total. The summed E-state index contributed by atoms with van der Waals surface area (Å²) in [7, 11) is 1.79. The standard InChI is InChI=1S/C25H18F3N3O2S2/c1-31-23(14-2-4-17(5-3-14)25(26,27)28)30-22-15(8-9-29-24(22)31)12-34-18-6-7-20-19(11-18)16(13-35-20)10-21(32)33/h2-9,11,13H,10,12H2,1H3,(H,32,33). The van der Waals surface area contributed by atoms with Crippen molar-refractivity contribution in [3.8, 4) is 11.4 Å². The van der Waals surface area contributed by atoms with Crippen LogP contribution >= 0.6 is 23.1 Å². The van der Waals surface area contributed by atoms with Crippen LogP contribution in [0.25, 0.3) is 32.6 Å². The molecule has 0 amide bonds. The van der Waals surface area contributed by atoms with Gasteiger partial charge in [-0.15, -0.1) is 23.1 Å². The molecule has 2 aromatic carbocycles. The van der Waals surface area contributed by atoms with Crippen LogP contribution in [0.2, 0.25) is 0 Å². The summed E-state index contributed by atoms with van der Waals surface area (Å²) in [6.07, 6.45) is -2.71. The number of nitrogens with zero attached hydrogens (tertiary/aromatic N) is 3. The van der Waals surface area contributed by atoms with Crippen LogP contribution in [0.4, 0.5) is 13.2 Å². The molecule has 5 rings (SSSR count). The topological polar surface area (TPSA) is 68.0 Å². The van der Waals surface area contributed by atoms with Gasteiger partial charge < -0.3 is 9.67 Å². The number of imidazole rings is 1. The van der Waals surface area contributed by atoms with Crippen molar-refractivity contribution in [2.75, 3.05) is 0 Å². The van der Waals surface area contributed by atoms with Crippen LogP contribution in [0.3, 0.4) is 0 Å². The number of carboxylic acid groups (broad SMARTS) is 1. The van der Waals surface area contributed by atoms with Gasteiger partial charge in [0, 0.05) is 34.2 Å². The number of aryl methyl sites for hydroxylation is 1. The number of carboxylic acids is 1. The summed E-state index contributed by atoms with van der Waals surface area (Å²) in [5.74, 6) is 0.282. The fraction of sp³-hybridized carbons (Fsp3) is 0.160. The van der Waals surface area contributed by atoms with E-state index in [0.29, 0.717) is 28.3 Å².